The van der Waals surface area contributed by atoms with Gasteiger partial charge in [-0.3, -0.25) is 9.59 Å². The van der Waals surface area contributed by atoms with Crippen LogP contribution in [0.2, 0.25) is 0 Å². The first-order valence-electron chi connectivity index (χ1n) is 19.5. The van der Waals surface area contributed by atoms with Crippen molar-refractivity contribution in [3.63, 3.8) is 0 Å². The first kappa shape index (κ1) is 39.5. The van der Waals surface area contributed by atoms with Gasteiger partial charge in [0.25, 0.3) is 0 Å². The number of imidazole rings is 2. The summed E-state index contributed by atoms with van der Waals surface area (Å²) in [6.07, 6.45) is 5.78. The highest BCUT2D eigenvalue weighted by Gasteiger charge is 2.39. The summed E-state index contributed by atoms with van der Waals surface area (Å²) in [6.45, 7) is 8.80. The number of methoxy groups -OCH3 is 2. The molecular weight excluding hydrogens is 745 g/mol. The van der Waals surface area contributed by atoms with Crippen molar-refractivity contribution in [1.82, 2.24) is 40.4 Å². The Hall–Kier alpha value is -5.70. The number of likely N-dealkylation sites (tertiary alicyclic amines) is 2. The molecule has 0 aliphatic carbocycles. The highest BCUT2D eigenvalue weighted by Crippen LogP contribution is 2.40. The van der Waals surface area contributed by atoms with Crippen LogP contribution in [0, 0.1) is 11.8 Å². The summed E-state index contributed by atoms with van der Waals surface area (Å²) in [5.74, 6) is 0.947. The summed E-state index contributed by atoms with van der Waals surface area (Å²) in [7, 11) is 2.58. The Labute approximate surface area is 335 Å². The molecule has 7 rings (SSSR count). The van der Waals surface area contributed by atoms with Gasteiger partial charge in [0.15, 0.2) is 0 Å². The van der Waals surface area contributed by atoms with Crippen LogP contribution < -0.4 is 10.6 Å². The summed E-state index contributed by atoms with van der Waals surface area (Å²) < 4.78 is 10.7. The molecule has 0 unspecified atom stereocenters. The van der Waals surface area contributed by atoms with E-state index in [4.69, 9.17) is 19.4 Å². The van der Waals surface area contributed by atoms with Crippen LogP contribution in [0.15, 0.2) is 60.2 Å². The van der Waals surface area contributed by atoms with E-state index in [2.05, 4.69) is 68.4 Å². The van der Waals surface area contributed by atoms with Gasteiger partial charge < -0.3 is 39.9 Å². The fourth-order valence-electron chi connectivity index (χ4n) is 8.02. The first-order valence-corrected chi connectivity index (χ1v) is 20.4. The Balaban J connectivity index is 1.07. The van der Waals surface area contributed by atoms with Crippen LogP contribution in [0.1, 0.15) is 77.1 Å². The van der Waals surface area contributed by atoms with Gasteiger partial charge in [0.2, 0.25) is 11.8 Å². The van der Waals surface area contributed by atoms with Crippen LogP contribution in [0.3, 0.4) is 0 Å². The number of carbonyl (C=O) groups excluding carboxylic acids is 4. The molecule has 0 bridgehead atoms. The monoisotopic (exact) mass is 794 g/mol. The zero-order valence-electron chi connectivity index (χ0n) is 33.1. The Bertz CT molecular complexity index is 2240. The number of fused-ring (bicyclic) bond motifs is 1. The topological polar surface area (TPSA) is 175 Å². The predicted molar refractivity (Wildman–Crippen MR) is 218 cm³/mol. The van der Waals surface area contributed by atoms with E-state index in [0.717, 1.165) is 81.1 Å². The minimum absolute atomic E-state index is 0.109. The normalized spacial score (nSPS) is 18.0. The molecule has 14 nitrogen and oxygen atoms in total. The lowest BCUT2D eigenvalue weighted by atomic mass is 9.97. The second-order valence-electron chi connectivity index (χ2n) is 15.3. The number of alkyl carbamates (subject to hydrolysis) is 2. The van der Waals surface area contributed by atoms with Gasteiger partial charge in [0, 0.05) is 46.7 Å². The van der Waals surface area contributed by atoms with Crippen LogP contribution in [0.25, 0.3) is 43.7 Å². The summed E-state index contributed by atoms with van der Waals surface area (Å²) >= 11 is 1.66. The zero-order valence-corrected chi connectivity index (χ0v) is 33.9. The Morgan fingerprint density at radius 3 is 1.72 bits per heavy atom. The third-order valence-corrected chi connectivity index (χ3v) is 12.0. The smallest absolute Gasteiger partial charge is 0.407 e. The molecule has 5 heterocycles. The Kier molecular flexibility index (Phi) is 11.7. The number of thiophene rings is 1. The van der Waals surface area contributed by atoms with Gasteiger partial charge in [-0.25, -0.2) is 19.6 Å². The van der Waals surface area contributed by atoms with E-state index in [-0.39, 0.29) is 35.7 Å². The molecule has 300 valence electrons. The van der Waals surface area contributed by atoms with Crippen LogP contribution in [-0.4, -0.2) is 93.1 Å². The van der Waals surface area contributed by atoms with E-state index in [9.17, 15) is 19.2 Å². The lowest BCUT2D eigenvalue weighted by molar-refractivity contribution is -0.136. The van der Waals surface area contributed by atoms with Crippen LogP contribution in [0.5, 0.6) is 0 Å². The van der Waals surface area contributed by atoms with Gasteiger partial charge in [0.1, 0.15) is 23.7 Å². The highest BCUT2D eigenvalue weighted by atomic mass is 32.1. The number of ether oxygens (including phenoxy) is 2. The number of aromatic amines is 2. The Morgan fingerprint density at radius 2 is 1.19 bits per heavy atom. The minimum atomic E-state index is -0.696. The number of nitrogens with one attached hydrogen (secondary N) is 4. The molecule has 0 radical (unpaired) electrons. The molecule has 2 fully saturated rings. The predicted octanol–water partition coefficient (Wildman–Crippen LogP) is 7.44. The van der Waals surface area contributed by atoms with Crippen molar-refractivity contribution in [2.45, 2.75) is 77.5 Å². The van der Waals surface area contributed by atoms with Crippen LogP contribution in [-0.2, 0) is 19.1 Å². The molecule has 57 heavy (non-hydrogen) atoms. The van der Waals surface area contributed by atoms with Gasteiger partial charge >= 0.3 is 12.2 Å². The first-order chi connectivity index (χ1) is 27.5. The molecule has 3 aromatic heterocycles. The summed E-state index contributed by atoms with van der Waals surface area (Å²) in [4.78, 5) is 71.5. The Morgan fingerprint density at radius 1 is 0.702 bits per heavy atom. The van der Waals surface area contributed by atoms with Crippen molar-refractivity contribution in [1.29, 1.82) is 0 Å². The molecule has 4 amide bonds. The quantitative estimate of drug-likeness (QED) is 0.107. The maximum Gasteiger partial charge on any atom is 0.407 e. The van der Waals surface area contributed by atoms with Gasteiger partial charge in [-0.1, -0.05) is 64.1 Å². The van der Waals surface area contributed by atoms with Crippen molar-refractivity contribution in [3.8, 4) is 33.6 Å². The number of carbonyl (C=O) groups is 4. The largest absolute Gasteiger partial charge is 0.453 e. The minimum Gasteiger partial charge on any atom is -0.453 e. The summed E-state index contributed by atoms with van der Waals surface area (Å²) in [5, 5.41) is 8.62. The number of nitrogens with zero attached hydrogens (tertiary/aromatic N) is 4. The molecule has 2 aromatic carbocycles. The lowest BCUT2D eigenvalue weighted by Crippen LogP contribution is -2.51. The van der Waals surface area contributed by atoms with E-state index >= 15 is 0 Å². The molecule has 2 aliphatic rings. The summed E-state index contributed by atoms with van der Waals surface area (Å²) in [6, 6.07) is 12.9. The average Bonchev–Trinajstić information content (AvgIpc) is 4.07. The van der Waals surface area contributed by atoms with Gasteiger partial charge in [-0.05, 0) is 60.1 Å². The molecule has 0 spiro atoms. The van der Waals surface area contributed by atoms with E-state index in [0.29, 0.717) is 13.1 Å². The highest BCUT2D eigenvalue weighted by molar-refractivity contribution is 7.17. The third kappa shape index (κ3) is 7.98. The number of aromatic nitrogens is 4. The summed E-state index contributed by atoms with van der Waals surface area (Å²) in [5.41, 5.74) is 5.73. The van der Waals surface area contributed by atoms with Crippen molar-refractivity contribution in [2.24, 2.45) is 11.8 Å². The van der Waals surface area contributed by atoms with E-state index in [1.165, 1.54) is 14.2 Å². The molecule has 5 aromatic rings. The molecule has 4 N–H and O–H groups in total. The third-order valence-electron chi connectivity index (χ3n) is 11.1. The van der Waals surface area contributed by atoms with E-state index in [1.54, 1.807) is 11.3 Å². The average molecular weight is 795 g/mol. The van der Waals surface area contributed by atoms with Crippen molar-refractivity contribution in [2.75, 3.05) is 27.3 Å². The van der Waals surface area contributed by atoms with E-state index in [1.807, 2.05) is 49.9 Å². The zero-order chi connectivity index (χ0) is 40.4. The molecular formula is C42H50N8O6S. The molecule has 15 heteroatoms. The maximum atomic E-state index is 13.7. The number of hydrogen-bond acceptors (Lipinski definition) is 9. The van der Waals surface area contributed by atoms with Gasteiger partial charge in [-0.2, -0.15) is 0 Å². The maximum absolute atomic E-state index is 13.7. The molecule has 2 saturated heterocycles. The number of benzene rings is 2. The molecule has 2 aliphatic heterocycles. The number of amides is 4. The fraction of sp³-hybridized carbons (Fsp3) is 0.429. The second-order valence-corrected chi connectivity index (χ2v) is 16.3. The van der Waals surface area contributed by atoms with Crippen molar-refractivity contribution >= 4 is 45.4 Å². The fourth-order valence-corrected chi connectivity index (χ4v) is 8.97. The SMILES string of the molecule is COC(=O)N[C@H](C(=O)N1CCC[C@H]1c1nc(-c2ccc(-c3ccc(-c4c[nH]c([C@@H]5CCCN5C(=O)[C@@H](NC(=O)OC)C(C)C)n4)c4sccc34)cc2)c[nH]1)C(C)C. The standard InChI is InChI=1S/C42H50N8O6S/c1-23(2)34(47-41(53)55-5)39(51)49-18-7-9-32(49)37-43-21-30(45-37)26-13-11-25(12-14-26)27-15-16-29(36-28(27)17-20-57-36)31-22-44-38(46-31)33-10-8-19-50(33)40(52)35(24(3)4)48-42(54)56-6/h11-17,20-24,32-35H,7-10,18-19H2,1-6H3,(H,43,45)(H,44,46)(H,47,53)(H,48,54)/t32-,33-,34-,35-/m0/s1. The lowest BCUT2D eigenvalue weighted by Gasteiger charge is -2.29. The number of rotatable bonds is 11. The van der Waals surface area contributed by atoms with E-state index < -0.39 is 24.3 Å². The molecule has 4 atom stereocenters. The van der Waals surface area contributed by atoms with Crippen LogP contribution in [0.4, 0.5) is 9.59 Å². The second kappa shape index (κ2) is 16.8. The van der Waals surface area contributed by atoms with Gasteiger partial charge in [-0.15, -0.1) is 11.3 Å². The van der Waals surface area contributed by atoms with Crippen LogP contribution >= 0.6 is 11.3 Å². The number of H-pyrrole nitrogens is 2. The molecule has 0 saturated carbocycles. The van der Waals surface area contributed by atoms with Crippen molar-refractivity contribution in [3.05, 3.63) is 71.9 Å². The van der Waals surface area contributed by atoms with Gasteiger partial charge in [0.05, 0.1) is 37.7 Å². The van der Waals surface area contributed by atoms with Crippen molar-refractivity contribution < 1.29 is 28.7 Å². The number of hydrogen-bond donors (Lipinski definition) is 4.